The lowest BCUT2D eigenvalue weighted by molar-refractivity contribution is 0.271. The molecule has 3 N–H and O–H groups in total. The summed E-state index contributed by atoms with van der Waals surface area (Å²) >= 11 is 6.03. The lowest BCUT2D eigenvalue weighted by Gasteiger charge is -2.28. The zero-order chi connectivity index (χ0) is 18.3. The average molecular weight is 370 g/mol. The maximum atomic E-state index is 9.81. The minimum absolute atomic E-state index is 0.0893. The Bertz CT molecular complexity index is 1030. The molecule has 26 heavy (non-hydrogen) atoms. The Kier molecular flexibility index (Phi) is 4.14. The van der Waals surface area contributed by atoms with Gasteiger partial charge in [0.05, 0.1) is 12.2 Å². The summed E-state index contributed by atoms with van der Waals surface area (Å²) in [6.45, 7) is 0.183. The second-order valence-corrected chi connectivity index (χ2v) is 6.47. The molecule has 0 bridgehead atoms. The van der Waals surface area contributed by atoms with Crippen LogP contribution in [0.1, 0.15) is 22.6 Å². The molecule has 0 radical (unpaired) electrons. The summed E-state index contributed by atoms with van der Waals surface area (Å²) in [4.78, 5) is 4.32. The third-order valence-corrected chi connectivity index (χ3v) is 4.69. The van der Waals surface area contributed by atoms with E-state index in [1.165, 1.54) is 6.33 Å². The standard InChI is InChI=1S/C19H16ClN3O3/c20-12-3-1-11(2-4-12)16-14-6-5-13(25)9-15(14)26-19-17(16)18(21)23(7-8-24)10-22-19/h1-6,9-10,16,21,24-25H,7-8H2. The van der Waals surface area contributed by atoms with E-state index in [1.54, 1.807) is 34.9 Å². The zero-order valence-corrected chi connectivity index (χ0v) is 14.4. The summed E-state index contributed by atoms with van der Waals surface area (Å²) in [5, 5.41) is 28.3. The Morgan fingerprint density at radius 1 is 1.19 bits per heavy atom. The van der Waals surface area contributed by atoms with Crippen molar-refractivity contribution in [2.24, 2.45) is 0 Å². The second-order valence-electron chi connectivity index (χ2n) is 6.04. The van der Waals surface area contributed by atoms with Gasteiger partial charge in [0.15, 0.2) is 0 Å². The van der Waals surface area contributed by atoms with Gasteiger partial charge in [0.25, 0.3) is 0 Å². The quantitative estimate of drug-likeness (QED) is 0.517. The Morgan fingerprint density at radius 3 is 2.69 bits per heavy atom. The van der Waals surface area contributed by atoms with Gasteiger partial charge in [-0.05, 0) is 23.8 Å². The number of nitrogens with zero attached hydrogens (tertiary/aromatic N) is 2. The highest BCUT2D eigenvalue weighted by molar-refractivity contribution is 6.30. The average Bonchev–Trinajstić information content (AvgIpc) is 2.63. The van der Waals surface area contributed by atoms with Crippen LogP contribution in [0.2, 0.25) is 5.02 Å². The number of aromatic hydroxyl groups is 1. The van der Waals surface area contributed by atoms with E-state index >= 15 is 0 Å². The van der Waals surface area contributed by atoms with Gasteiger partial charge >= 0.3 is 0 Å². The van der Waals surface area contributed by atoms with Crippen molar-refractivity contribution in [3.8, 4) is 17.4 Å². The van der Waals surface area contributed by atoms with Crippen molar-refractivity contribution in [3.63, 3.8) is 0 Å². The van der Waals surface area contributed by atoms with Crippen LogP contribution in [0.3, 0.4) is 0 Å². The van der Waals surface area contributed by atoms with Crippen molar-refractivity contribution in [2.45, 2.75) is 12.5 Å². The van der Waals surface area contributed by atoms with E-state index in [0.717, 1.165) is 11.1 Å². The molecule has 1 atom stereocenters. The molecular formula is C19H16ClN3O3. The van der Waals surface area contributed by atoms with Crippen LogP contribution in [0, 0.1) is 5.41 Å². The molecular weight excluding hydrogens is 354 g/mol. The number of aromatic nitrogens is 2. The van der Waals surface area contributed by atoms with Gasteiger partial charge in [0.2, 0.25) is 5.88 Å². The fourth-order valence-electron chi connectivity index (χ4n) is 3.24. The van der Waals surface area contributed by atoms with Crippen molar-refractivity contribution in [2.75, 3.05) is 6.61 Å². The number of ether oxygens (including phenoxy) is 1. The van der Waals surface area contributed by atoms with Crippen molar-refractivity contribution in [3.05, 3.63) is 76.0 Å². The van der Waals surface area contributed by atoms with Gasteiger partial charge in [-0.2, -0.15) is 0 Å². The van der Waals surface area contributed by atoms with Gasteiger partial charge in [0.1, 0.15) is 23.3 Å². The first kappa shape index (κ1) is 16.6. The maximum Gasteiger partial charge on any atom is 0.228 e. The van der Waals surface area contributed by atoms with Crippen LogP contribution in [-0.4, -0.2) is 26.4 Å². The Labute approximate surface area is 154 Å². The van der Waals surface area contributed by atoms with Gasteiger partial charge in [0, 0.05) is 29.1 Å². The van der Waals surface area contributed by atoms with E-state index in [9.17, 15) is 10.2 Å². The van der Waals surface area contributed by atoms with E-state index in [4.69, 9.17) is 21.7 Å². The molecule has 1 aliphatic rings. The Balaban J connectivity index is 1.98. The molecule has 6 nitrogen and oxygen atoms in total. The minimum Gasteiger partial charge on any atom is -0.508 e. The number of rotatable bonds is 3. The fraction of sp³-hybridized carbons (Fsp3) is 0.158. The molecule has 1 unspecified atom stereocenters. The molecule has 0 saturated carbocycles. The van der Waals surface area contributed by atoms with Gasteiger partial charge < -0.3 is 19.5 Å². The molecule has 7 heteroatoms. The fourth-order valence-corrected chi connectivity index (χ4v) is 3.36. The molecule has 0 spiro atoms. The van der Waals surface area contributed by atoms with Crippen LogP contribution in [0.15, 0.2) is 48.8 Å². The lowest BCUT2D eigenvalue weighted by atomic mass is 9.84. The molecule has 3 aromatic rings. The number of fused-ring (bicyclic) bond motifs is 2. The summed E-state index contributed by atoms with van der Waals surface area (Å²) in [7, 11) is 0. The first-order valence-electron chi connectivity index (χ1n) is 8.09. The monoisotopic (exact) mass is 369 g/mol. The van der Waals surface area contributed by atoms with E-state index < -0.39 is 0 Å². The number of hydrogen-bond acceptors (Lipinski definition) is 5. The largest absolute Gasteiger partial charge is 0.508 e. The maximum absolute atomic E-state index is 9.81. The molecule has 0 aliphatic carbocycles. The van der Waals surface area contributed by atoms with Crippen LogP contribution < -0.4 is 10.2 Å². The Hall–Kier alpha value is -2.83. The minimum atomic E-state index is -0.294. The predicted molar refractivity (Wildman–Crippen MR) is 95.7 cm³/mol. The number of phenolic OH excluding ortho intramolecular Hbond substituents is 1. The number of nitrogens with one attached hydrogen (secondary N) is 1. The highest BCUT2D eigenvalue weighted by atomic mass is 35.5. The van der Waals surface area contributed by atoms with Gasteiger partial charge in [-0.1, -0.05) is 29.8 Å². The number of aliphatic hydroxyl groups is 1. The van der Waals surface area contributed by atoms with Crippen molar-refractivity contribution in [1.29, 1.82) is 5.41 Å². The predicted octanol–water partition coefficient (Wildman–Crippen LogP) is 3.00. The normalized spacial score (nSPS) is 15.1. The molecule has 1 aromatic heterocycles. The first-order valence-corrected chi connectivity index (χ1v) is 8.47. The molecule has 0 fully saturated rings. The third kappa shape index (κ3) is 2.73. The molecule has 2 heterocycles. The molecule has 1 aliphatic heterocycles. The first-order chi connectivity index (χ1) is 12.6. The number of phenols is 1. The molecule has 0 saturated heterocycles. The molecule has 4 rings (SSSR count). The third-order valence-electron chi connectivity index (χ3n) is 4.43. The van der Waals surface area contributed by atoms with Crippen molar-refractivity contribution >= 4 is 11.6 Å². The zero-order valence-electron chi connectivity index (χ0n) is 13.7. The molecule has 2 aromatic carbocycles. The van der Waals surface area contributed by atoms with E-state index in [1.807, 2.05) is 12.1 Å². The van der Waals surface area contributed by atoms with Crippen LogP contribution in [-0.2, 0) is 6.54 Å². The topological polar surface area (TPSA) is 91.4 Å². The highest BCUT2D eigenvalue weighted by Crippen LogP contribution is 2.45. The SMILES string of the molecule is N=c1c2c(ncn1CCO)Oc1cc(O)ccc1C2c1ccc(Cl)cc1. The van der Waals surface area contributed by atoms with E-state index in [0.29, 0.717) is 22.2 Å². The summed E-state index contributed by atoms with van der Waals surface area (Å²) < 4.78 is 7.43. The van der Waals surface area contributed by atoms with Crippen LogP contribution in [0.25, 0.3) is 0 Å². The smallest absolute Gasteiger partial charge is 0.228 e. The van der Waals surface area contributed by atoms with Crippen molar-refractivity contribution in [1.82, 2.24) is 9.55 Å². The van der Waals surface area contributed by atoms with E-state index in [2.05, 4.69) is 4.98 Å². The van der Waals surface area contributed by atoms with Crippen LogP contribution >= 0.6 is 11.6 Å². The van der Waals surface area contributed by atoms with Crippen LogP contribution in [0.5, 0.6) is 17.4 Å². The summed E-state index contributed by atoms with van der Waals surface area (Å²) in [5.41, 5.74) is 2.60. The lowest BCUT2D eigenvalue weighted by Crippen LogP contribution is -2.30. The number of benzene rings is 2. The highest BCUT2D eigenvalue weighted by Gasteiger charge is 2.32. The number of halogens is 1. The van der Waals surface area contributed by atoms with E-state index in [-0.39, 0.29) is 30.3 Å². The molecule has 0 amide bonds. The second kappa shape index (κ2) is 6.48. The number of hydrogen-bond donors (Lipinski definition) is 3. The van der Waals surface area contributed by atoms with Gasteiger partial charge in [-0.25, -0.2) is 4.98 Å². The van der Waals surface area contributed by atoms with Gasteiger partial charge in [-0.3, -0.25) is 5.41 Å². The van der Waals surface area contributed by atoms with Crippen molar-refractivity contribution < 1.29 is 14.9 Å². The number of aliphatic hydroxyl groups excluding tert-OH is 1. The summed E-state index contributed by atoms with van der Waals surface area (Å²) in [6.07, 6.45) is 1.48. The molecule has 132 valence electrons. The Morgan fingerprint density at radius 2 is 1.96 bits per heavy atom. The summed E-state index contributed by atoms with van der Waals surface area (Å²) in [6, 6.07) is 12.3. The van der Waals surface area contributed by atoms with Gasteiger partial charge in [-0.15, -0.1) is 0 Å². The summed E-state index contributed by atoms with van der Waals surface area (Å²) in [5.74, 6) is 0.628. The van der Waals surface area contributed by atoms with Crippen LogP contribution in [0.4, 0.5) is 0 Å².